The fourth-order valence-electron chi connectivity index (χ4n) is 1.75. The van der Waals surface area contributed by atoms with E-state index in [0.29, 0.717) is 16.5 Å². The van der Waals surface area contributed by atoms with Gasteiger partial charge in [-0.05, 0) is 34.5 Å². The first-order chi connectivity index (χ1) is 8.54. The number of nitrogens with zero attached hydrogens (tertiary/aromatic N) is 2. The normalized spacial score (nSPS) is 10.8. The van der Waals surface area contributed by atoms with E-state index in [1.165, 1.54) is 4.68 Å². The second kappa shape index (κ2) is 5.20. The average Bonchev–Trinajstić information content (AvgIpc) is 2.62. The van der Waals surface area contributed by atoms with E-state index < -0.39 is 0 Å². The largest absolute Gasteiger partial charge is 0.382 e. The summed E-state index contributed by atoms with van der Waals surface area (Å²) in [6.45, 7) is 2.07. The smallest absolute Gasteiger partial charge is 0.150 e. The van der Waals surface area contributed by atoms with Crippen molar-refractivity contribution in [3.8, 4) is 11.3 Å². The van der Waals surface area contributed by atoms with Crippen molar-refractivity contribution in [3.05, 3.63) is 33.5 Å². The summed E-state index contributed by atoms with van der Waals surface area (Å²) in [5.41, 5.74) is 7.57. The number of rotatable bonds is 3. The summed E-state index contributed by atoms with van der Waals surface area (Å²) in [7, 11) is 0. The summed E-state index contributed by atoms with van der Waals surface area (Å²) >= 11 is 9.35. The molecule has 0 aliphatic carbocycles. The molecule has 0 aliphatic rings. The van der Waals surface area contributed by atoms with E-state index in [1.807, 2.05) is 12.1 Å². The second-order valence-corrected chi connectivity index (χ2v) is 5.27. The van der Waals surface area contributed by atoms with E-state index in [2.05, 4.69) is 27.8 Å². The van der Waals surface area contributed by atoms with Gasteiger partial charge in [0.2, 0.25) is 0 Å². The highest BCUT2D eigenvalue weighted by Crippen LogP contribution is 2.31. The molecule has 0 radical (unpaired) electrons. The molecule has 0 bridgehead atoms. The molecule has 1 heterocycles. The number of nitrogen functional groups attached to an aromatic ring is 2. The van der Waals surface area contributed by atoms with E-state index in [1.54, 1.807) is 6.07 Å². The van der Waals surface area contributed by atoms with Gasteiger partial charge in [-0.3, -0.25) is 0 Å². The standard InChI is InChI=1S/C12H14BrClN4/c1-2-3-10-17-11(12(15)18(10)16)7-4-5-9(14)8(13)6-7/h4-6H,2-3,15-16H2,1H3. The van der Waals surface area contributed by atoms with Crippen LogP contribution in [0.3, 0.4) is 0 Å². The predicted octanol–water partition coefficient (Wildman–Crippen LogP) is 3.21. The van der Waals surface area contributed by atoms with Crippen LogP contribution in [0, 0.1) is 0 Å². The Labute approximate surface area is 119 Å². The molecule has 0 amide bonds. The molecular weight excluding hydrogens is 316 g/mol. The van der Waals surface area contributed by atoms with Crippen molar-refractivity contribution in [2.75, 3.05) is 11.6 Å². The molecule has 2 rings (SSSR count). The summed E-state index contributed by atoms with van der Waals surface area (Å²) in [6, 6.07) is 5.56. The molecule has 0 spiro atoms. The average molecular weight is 330 g/mol. The zero-order chi connectivity index (χ0) is 13.3. The lowest BCUT2D eigenvalue weighted by atomic mass is 10.1. The zero-order valence-electron chi connectivity index (χ0n) is 9.95. The van der Waals surface area contributed by atoms with Gasteiger partial charge >= 0.3 is 0 Å². The number of aromatic nitrogens is 2. The van der Waals surface area contributed by atoms with Crippen LogP contribution in [0.1, 0.15) is 19.2 Å². The third-order valence-corrected chi connectivity index (χ3v) is 3.90. The SMILES string of the molecule is CCCc1nc(-c2ccc(Cl)c(Br)c2)c(N)n1N. The molecule has 96 valence electrons. The van der Waals surface area contributed by atoms with Crippen LogP contribution >= 0.6 is 27.5 Å². The summed E-state index contributed by atoms with van der Waals surface area (Å²) in [5.74, 6) is 7.14. The quantitative estimate of drug-likeness (QED) is 0.849. The number of aryl methyl sites for hydroxylation is 1. The van der Waals surface area contributed by atoms with Crippen molar-refractivity contribution in [2.45, 2.75) is 19.8 Å². The van der Waals surface area contributed by atoms with Crippen molar-refractivity contribution < 1.29 is 0 Å². The molecule has 0 unspecified atom stereocenters. The van der Waals surface area contributed by atoms with Gasteiger partial charge in [0.05, 0.1) is 5.02 Å². The lowest BCUT2D eigenvalue weighted by molar-refractivity contribution is 0.794. The van der Waals surface area contributed by atoms with Crippen molar-refractivity contribution in [3.63, 3.8) is 0 Å². The topological polar surface area (TPSA) is 69.9 Å². The molecule has 1 aromatic heterocycles. The van der Waals surface area contributed by atoms with Crippen LogP contribution < -0.4 is 11.6 Å². The number of hydrogen-bond donors (Lipinski definition) is 2. The van der Waals surface area contributed by atoms with Gasteiger partial charge in [0.25, 0.3) is 0 Å². The van der Waals surface area contributed by atoms with E-state index in [9.17, 15) is 0 Å². The lowest BCUT2D eigenvalue weighted by Crippen LogP contribution is -2.15. The van der Waals surface area contributed by atoms with Gasteiger partial charge in [-0.1, -0.05) is 24.6 Å². The number of nitrogens with two attached hydrogens (primary N) is 2. The third kappa shape index (κ3) is 2.33. The van der Waals surface area contributed by atoms with Gasteiger partial charge in [-0.2, -0.15) is 0 Å². The molecule has 4 nitrogen and oxygen atoms in total. The number of anilines is 1. The minimum Gasteiger partial charge on any atom is -0.382 e. The fraction of sp³-hybridized carbons (Fsp3) is 0.250. The highest BCUT2D eigenvalue weighted by molar-refractivity contribution is 9.10. The molecule has 0 fully saturated rings. The molecular formula is C12H14BrClN4. The minimum absolute atomic E-state index is 0.465. The lowest BCUT2D eigenvalue weighted by Gasteiger charge is -2.02. The van der Waals surface area contributed by atoms with Gasteiger partial charge in [0, 0.05) is 16.5 Å². The Balaban J connectivity index is 2.50. The maximum atomic E-state index is 5.98. The number of benzene rings is 1. The molecule has 6 heteroatoms. The van der Waals surface area contributed by atoms with E-state index >= 15 is 0 Å². The van der Waals surface area contributed by atoms with Crippen LogP contribution in [0.5, 0.6) is 0 Å². The Bertz CT molecular complexity index is 580. The highest BCUT2D eigenvalue weighted by Gasteiger charge is 2.14. The maximum absolute atomic E-state index is 5.98. The monoisotopic (exact) mass is 328 g/mol. The number of halogens is 2. The van der Waals surface area contributed by atoms with Gasteiger partial charge in [-0.15, -0.1) is 0 Å². The number of hydrogen-bond acceptors (Lipinski definition) is 3. The van der Waals surface area contributed by atoms with Gasteiger partial charge in [-0.25, -0.2) is 9.66 Å². The van der Waals surface area contributed by atoms with Crippen LogP contribution in [0.4, 0.5) is 5.82 Å². The van der Waals surface area contributed by atoms with Crippen LogP contribution in [0.2, 0.25) is 5.02 Å². The molecule has 0 saturated heterocycles. The summed E-state index contributed by atoms with van der Waals surface area (Å²) in [6.07, 6.45) is 1.77. The fourth-order valence-corrected chi connectivity index (χ4v) is 2.25. The van der Waals surface area contributed by atoms with Crippen molar-refractivity contribution >= 4 is 33.3 Å². The summed E-state index contributed by atoms with van der Waals surface area (Å²) < 4.78 is 2.26. The maximum Gasteiger partial charge on any atom is 0.150 e. The first-order valence-corrected chi connectivity index (χ1v) is 6.79. The van der Waals surface area contributed by atoms with E-state index in [0.717, 1.165) is 28.7 Å². The van der Waals surface area contributed by atoms with E-state index in [-0.39, 0.29) is 0 Å². The Morgan fingerprint density at radius 1 is 1.44 bits per heavy atom. The molecule has 0 atom stereocenters. The Morgan fingerprint density at radius 3 is 2.78 bits per heavy atom. The summed E-state index contributed by atoms with van der Waals surface area (Å²) in [5, 5.41) is 0.651. The molecule has 0 saturated carbocycles. The minimum atomic E-state index is 0.465. The van der Waals surface area contributed by atoms with E-state index in [4.69, 9.17) is 23.2 Å². The van der Waals surface area contributed by atoms with Crippen molar-refractivity contribution in [2.24, 2.45) is 0 Å². The van der Waals surface area contributed by atoms with Crippen LogP contribution in [0.15, 0.2) is 22.7 Å². The zero-order valence-corrected chi connectivity index (χ0v) is 12.3. The van der Waals surface area contributed by atoms with Gasteiger partial charge in [0.15, 0.2) is 5.82 Å². The van der Waals surface area contributed by atoms with Crippen LogP contribution in [-0.2, 0) is 6.42 Å². The van der Waals surface area contributed by atoms with Crippen molar-refractivity contribution in [1.82, 2.24) is 9.66 Å². The molecule has 2 aromatic rings. The van der Waals surface area contributed by atoms with Crippen LogP contribution in [0.25, 0.3) is 11.3 Å². The molecule has 1 aromatic carbocycles. The third-order valence-electron chi connectivity index (χ3n) is 2.69. The van der Waals surface area contributed by atoms with Crippen LogP contribution in [-0.4, -0.2) is 9.66 Å². The molecule has 18 heavy (non-hydrogen) atoms. The number of imidazole rings is 1. The van der Waals surface area contributed by atoms with Gasteiger partial charge in [0.1, 0.15) is 11.5 Å². The van der Waals surface area contributed by atoms with Crippen molar-refractivity contribution in [1.29, 1.82) is 0 Å². The molecule has 0 aliphatic heterocycles. The second-order valence-electron chi connectivity index (χ2n) is 4.01. The Hall–Kier alpha value is -1.20. The summed E-state index contributed by atoms with van der Waals surface area (Å²) in [4.78, 5) is 4.49. The first kappa shape index (κ1) is 13.2. The molecule has 4 N–H and O–H groups in total. The Kier molecular flexibility index (Phi) is 3.82. The first-order valence-electron chi connectivity index (χ1n) is 5.62. The Morgan fingerprint density at radius 2 is 2.17 bits per heavy atom. The van der Waals surface area contributed by atoms with Gasteiger partial charge < -0.3 is 11.6 Å². The predicted molar refractivity (Wildman–Crippen MR) is 78.9 cm³/mol. The highest BCUT2D eigenvalue weighted by atomic mass is 79.9.